The zero-order valence-electron chi connectivity index (χ0n) is 20.3. The Bertz CT molecular complexity index is 1500. The van der Waals surface area contributed by atoms with Crippen LogP contribution < -0.4 is 20.9 Å². The molecule has 2 heterocycles. The first kappa shape index (κ1) is 25.2. The Hall–Kier alpha value is -4.46. The van der Waals surface area contributed by atoms with Gasteiger partial charge in [0.15, 0.2) is 5.82 Å². The highest BCUT2D eigenvalue weighted by atomic mass is 19.4. The smallest absolute Gasteiger partial charge is 0.406 e. The van der Waals surface area contributed by atoms with Crippen LogP contribution in [0.4, 0.5) is 30.4 Å². The van der Waals surface area contributed by atoms with Crippen molar-refractivity contribution in [3.63, 3.8) is 0 Å². The Morgan fingerprint density at radius 1 is 1.08 bits per heavy atom. The van der Waals surface area contributed by atoms with Crippen molar-refractivity contribution in [1.29, 1.82) is 5.26 Å². The van der Waals surface area contributed by atoms with Gasteiger partial charge in [-0.25, -0.2) is 0 Å². The number of rotatable bonds is 7. The van der Waals surface area contributed by atoms with Gasteiger partial charge in [-0.05, 0) is 68.1 Å². The largest absolute Gasteiger partial charge is 0.573 e. The fraction of sp³-hybridized carbons (Fsp3) is 0.296. The summed E-state index contributed by atoms with van der Waals surface area (Å²) in [6.07, 6.45) is -0.0534. The number of nitrogens with zero attached hydrogens (tertiary/aromatic N) is 3. The van der Waals surface area contributed by atoms with Gasteiger partial charge in [-0.1, -0.05) is 18.2 Å². The SMILES string of the molecule is N#CCC1(n2nc(Nc3ccc(OC(F)(F)F)cc3)c3c(=O)[nH]ccc32)CCC(Nc2ccccc2)CC1. The van der Waals surface area contributed by atoms with Crippen LogP contribution in [0.25, 0.3) is 10.9 Å². The number of hydrogen-bond acceptors (Lipinski definition) is 6. The Morgan fingerprint density at radius 3 is 2.45 bits per heavy atom. The van der Waals surface area contributed by atoms with Crippen LogP contribution in [0.5, 0.6) is 5.75 Å². The van der Waals surface area contributed by atoms with Gasteiger partial charge in [0.25, 0.3) is 5.56 Å². The average Bonchev–Trinajstić information content (AvgIpc) is 3.27. The molecule has 1 aliphatic carbocycles. The summed E-state index contributed by atoms with van der Waals surface area (Å²) in [6, 6.07) is 19.4. The van der Waals surface area contributed by atoms with Crippen molar-refractivity contribution in [2.75, 3.05) is 10.6 Å². The van der Waals surface area contributed by atoms with E-state index in [2.05, 4.69) is 26.4 Å². The summed E-state index contributed by atoms with van der Waals surface area (Å²) in [5.74, 6) is -0.0988. The topological polar surface area (TPSA) is 108 Å². The molecule has 3 N–H and O–H groups in total. The number of ether oxygens (including phenoxy) is 1. The fourth-order valence-electron chi connectivity index (χ4n) is 5.08. The first-order valence-electron chi connectivity index (χ1n) is 12.2. The quantitative estimate of drug-likeness (QED) is 0.274. The highest BCUT2D eigenvalue weighted by Crippen LogP contribution is 2.41. The first-order valence-corrected chi connectivity index (χ1v) is 12.2. The number of para-hydroxylation sites is 1. The third-order valence-corrected chi connectivity index (χ3v) is 6.87. The van der Waals surface area contributed by atoms with Gasteiger partial charge in [0, 0.05) is 23.6 Å². The Balaban J connectivity index is 1.44. The van der Waals surface area contributed by atoms with Gasteiger partial charge in [-0.15, -0.1) is 13.2 Å². The number of H-pyrrole nitrogens is 1. The lowest BCUT2D eigenvalue weighted by atomic mass is 9.77. The Kier molecular flexibility index (Phi) is 6.72. The summed E-state index contributed by atoms with van der Waals surface area (Å²) in [7, 11) is 0. The van der Waals surface area contributed by atoms with Gasteiger partial charge < -0.3 is 20.4 Å². The van der Waals surface area contributed by atoms with Gasteiger partial charge >= 0.3 is 6.36 Å². The number of halogens is 3. The molecule has 1 fully saturated rings. The van der Waals surface area contributed by atoms with Crippen molar-refractivity contribution in [1.82, 2.24) is 14.8 Å². The number of nitriles is 1. The zero-order valence-corrected chi connectivity index (χ0v) is 20.3. The molecular formula is C27H25F3N6O2. The molecule has 0 unspecified atom stereocenters. The van der Waals surface area contributed by atoms with E-state index in [1.165, 1.54) is 24.3 Å². The lowest BCUT2D eigenvalue weighted by molar-refractivity contribution is -0.274. The summed E-state index contributed by atoms with van der Waals surface area (Å²) in [5.41, 5.74) is 1.08. The molecule has 0 saturated heterocycles. The normalized spacial score (nSPS) is 19.6. The van der Waals surface area contributed by atoms with E-state index in [0.29, 0.717) is 29.4 Å². The lowest BCUT2D eigenvalue weighted by Crippen LogP contribution is -2.41. The van der Waals surface area contributed by atoms with Gasteiger partial charge in [0.05, 0.1) is 23.5 Å². The third kappa shape index (κ3) is 5.29. The zero-order chi connectivity index (χ0) is 26.8. The van der Waals surface area contributed by atoms with Crippen LogP contribution in [0.3, 0.4) is 0 Å². The van der Waals surface area contributed by atoms with Crippen molar-refractivity contribution in [2.24, 2.45) is 0 Å². The van der Waals surface area contributed by atoms with Crippen LogP contribution in [0, 0.1) is 11.3 Å². The van der Waals surface area contributed by atoms with Gasteiger partial charge in [0.1, 0.15) is 11.1 Å². The van der Waals surface area contributed by atoms with E-state index in [0.717, 1.165) is 18.5 Å². The van der Waals surface area contributed by atoms with Gasteiger partial charge in [-0.2, -0.15) is 10.4 Å². The highest BCUT2D eigenvalue weighted by molar-refractivity contribution is 5.91. The van der Waals surface area contributed by atoms with Crippen molar-refractivity contribution in [3.8, 4) is 11.8 Å². The second-order valence-electron chi connectivity index (χ2n) is 9.37. The van der Waals surface area contributed by atoms with Crippen molar-refractivity contribution in [2.45, 2.75) is 50.0 Å². The molecular weight excluding hydrogens is 497 g/mol. The Labute approximate surface area is 216 Å². The van der Waals surface area contributed by atoms with Gasteiger partial charge in [0.2, 0.25) is 0 Å². The number of benzene rings is 2. The molecule has 1 aliphatic rings. The van der Waals surface area contributed by atoms with Crippen LogP contribution in [-0.2, 0) is 5.54 Å². The number of pyridine rings is 1. The Morgan fingerprint density at radius 2 is 1.79 bits per heavy atom. The molecule has 2 aromatic heterocycles. The third-order valence-electron chi connectivity index (χ3n) is 6.87. The second-order valence-corrected chi connectivity index (χ2v) is 9.37. The first-order chi connectivity index (χ1) is 18.3. The number of anilines is 3. The summed E-state index contributed by atoms with van der Waals surface area (Å²) < 4.78 is 43.2. The van der Waals surface area contributed by atoms with Crippen LogP contribution in [-0.4, -0.2) is 27.2 Å². The molecule has 1 saturated carbocycles. The molecule has 38 heavy (non-hydrogen) atoms. The molecule has 0 amide bonds. The minimum Gasteiger partial charge on any atom is -0.406 e. The minimum absolute atomic E-state index is 0.220. The number of hydrogen-bond donors (Lipinski definition) is 3. The number of nitrogens with one attached hydrogen (secondary N) is 3. The maximum absolute atomic E-state index is 12.8. The van der Waals surface area contributed by atoms with E-state index in [9.17, 15) is 23.2 Å². The maximum atomic E-state index is 12.8. The van der Waals surface area contributed by atoms with E-state index < -0.39 is 11.9 Å². The molecule has 2 aromatic carbocycles. The molecule has 5 rings (SSSR count). The molecule has 0 radical (unpaired) electrons. The molecule has 4 aromatic rings. The maximum Gasteiger partial charge on any atom is 0.573 e. The summed E-state index contributed by atoms with van der Waals surface area (Å²) in [6.45, 7) is 0. The summed E-state index contributed by atoms with van der Waals surface area (Å²) in [5, 5.41) is 21.4. The second kappa shape index (κ2) is 10.1. The van der Waals surface area contributed by atoms with E-state index >= 15 is 0 Å². The number of fused-ring (bicyclic) bond motifs is 1. The van der Waals surface area contributed by atoms with E-state index in [-0.39, 0.29) is 29.6 Å². The van der Waals surface area contributed by atoms with E-state index in [1.54, 1.807) is 16.9 Å². The molecule has 8 nitrogen and oxygen atoms in total. The van der Waals surface area contributed by atoms with Crippen LogP contribution in [0.1, 0.15) is 32.1 Å². The van der Waals surface area contributed by atoms with Crippen LogP contribution in [0.15, 0.2) is 71.7 Å². The van der Waals surface area contributed by atoms with Crippen molar-refractivity contribution in [3.05, 3.63) is 77.2 Å². The molecule has 0 bridgehead atoms. The molecule has 11 heteroatoms. The van der Waals surface area contributed by atoms with Crippen molar-refractivity contribution >= 4 is 28.1 Å². The molecule has 0 atom stereocenters. The number of alkyl halides is 3. The predicted octanol–water partition coefficient (Wildman–Crippen LogP) is 6.03. The van der Waals surface area contributed by atoms with Crippen LogP contribution in [0.2, 0.25) is 0 Å². The summed E-state index contributed by atoms with van der Waals surface area (Å²) in [4.78, 5) is 15.5. The summed E-state index contributed by atoms with van der Waals surface area (Å²) >= 11 is 0. The molecule has 196 valence electrons. The lowest BCUT2D eigenvalue weighted by Gasteiger charge is -2.40. The fourth-order valence-corrected chi connectivity index (χ4v) is 5.08. The van der Waals surface area contributed by atoms with E-state index in [1.807, 2.05) is 30.3 Å². The minimum atomic E-state index is -4.79. The number of aromatic nitrogens is 3. The monoisotopic (exact) mass is 522 g/mol. The van der Waals surface area contributed by atoms with Gasteiger partial charge in [-0.3, -0.25) is 9.48 Å². The average molecular weight is 523 g/mol. The standard InChI is InChI=1S/C27H25F3N6O2/c28-27(29,30)38-21-8-6-19(7-9-21)34-24-23-22(12-17-32-25(23)37)36(35-24)26(15-16-31)13-10-20(11-14-26)33-18-4-2-1-3-5-18/h1-9,12,17,20,33H,10-11,13-15H2,(H,32,37)(H,34,35). The van der Waals surface area contributed by atoms with Crippen molar-refractivity contribution < 1.29 is 17.9 Å². The van der Waals surface area contributed by atoms with E-state index in [4.69, 9.17) is 5.10 Å². The molecule has 0 aliphatic heterocycles. The predicted molar refractivity (Wildman–Crippen MR) is 137 cm³/mol. The highest BCUT2D eigenvalue weighted by Gasteiger charge is 2.39. The molecule has 0 spiro atoms. The number of aromatic amines is 1. The van der Waals surface area contributed by atoms with Crippen LogP contribution >= 0.6 is 0 Å².